The van der Waals surface area contributed by atoms with E-state index in [0.29, 0.717) is 6.07 Å². The standard InChI is InChI=1S/C14H18F3NO4S/c1-8(2)12(13(19)22-4)18-23(20,21)10-6-5-9(3)11(7-10)14(15,16)17/h5-8,12,18H,1-4H3/t12-/m0/s1. The maximum Gasteiger partial charge on any atom is 0.416 e. The fourth-order valence-corrected chi connectivity index (χ4v) is 3.25. The van der Waals surface area contributed by atoms with Gasteiger partial charge in [-0.2, -0.15) is 17.9 Å². The number of carbonyl (C=O) groups is 1. The summed E-state index contributed by atoms with van der Waals surface area (Å²) in [6.45, 7) is 4.40. The zero-order valence-electron chi connectivity index (χ0n) is 13.1. The third kappa shape index (κ3) is 4.68. The first kappa shape index (κ1) is 19.4. The van der Waals surface area contributed by atoms with Crippen LogP contribution in [0.2, 0.25) is 0 Å². The van der Waals surface area contributed by atoms with E-state index >= 15 is 0 Å². The van der Waals surface area contributed by atoms with E-state index < -0.39 is 44.6 Å². The van der Waals surface area contributed by atoms with E-state index in [1.54, 1.807) is 13.8 Å². The molecule has 0 saturated carbocycles. The second kappa shape index (κ2) is 6.88. The Bertz CT molecular complexity index is 684. The van der Waals surface area contributed by atoms with Crippen molar-refractivity contribution in [2.45, 2.75) is 37.9 Å². The quantitative estimate of drug-likeness (QED) is 0.826. The highest BCUT2D eigenvalue weighted by atomic mass is 32.2. The fourth-order valence-electron chi connectivity index (χ4n) is 1.89. The SMILES string of the molecule is COC(=O)[C@@H](NS(=O)(=O)c1ccc(C)c(C(F)(F)F)c1)C(C)C. The van der Waals surface area contributed by atoms with E-state index in [-0.39, 0.29) is 5.56 Å². The van der Waals surface area contributed by atoms with Crippen LogP contribution in [0.25, 0.3) is 0 Å². The summed E-state index contributed by atoms with van der Waals surface area (Å²) in [6.07, 6.45) is -4.67. The summed E-state index contributed by atoms with van der Waals surface area (Å²) in [5.41, 5.74) is -1.13. The molecule has 0 unspecified atom stereocenters. The van der Waals surface area contributed by atoms with E-state index in [9.17, 15) is 26.4 Å². The molecule has 0 spiro atoms. The van der Waals surface area contributed by atoms with Crippen LogP contribution < -0.4 is 4.72 Å². The molecule has 1 atom stereocenters. The summed E-state index contributed by atoms with van der Waals surface area (Å²) >= 11 is 0. The van der Waals surface area contributed by atoms with Crippen molar-refractivity contribution >= 4 is 16.0 Å². The Morgan fingerprint density at radius 3 is 2.26 bits per heavy atom. The minimum Gasteiger partial charge on any atom is -0.468 e. The number of rotatable bonds is 5. The van der Waals surface area contributed by atoms with Gasteiger partial charge in [0.05, 0.1) is 17.6 Å². The van der Waals surface area contributed by atoms with Crippen LogP contribution >= 0.6 is 0 Å². The van der Waals surface area contributed by atoms with Gasteiger partial charge in [0, 0.05) is 0 Å². The summed E-state index contributed by atoms with van der Waals surface area (Å²) in [5, 5.41) is 0. The first-order valence-electron chi connectivity index (χ1n) is 6.68. The monoisotopic (exact) mass is 353 g/mol. The van der Waals surface area contributed by atoms with Crippen LogP contribution in [0.1, 0.15) is 25.0 Å². The molecule has 0 aromatic heterocycles. The number of aryl methyl sites for hydroxylation is 1. The molecule has 0 amide bonds. The van der Waals surface area contributed by atoms with Gasteiger partial charge in [0.15, 0.2) is 0 Å². The number of benzene rings is 1. The van der Waals surface area contributed by atoms with Gasteiger partial charge in [0.25, 0.3) is 0 Å². The van der Waals surface area contributed by atoms with Gasteiger partial charge in [-0.1, -0.05) is 19.9 Å². The lowest BCUT2D eigenvalue weighted by atomic mass is 10.1. The first-order valence-corrected chi connectivity index (χ1v) is 8.16. The summed E-state index contributed by atoms with van der Waals surface area (Å²) in [4.78, 5) is 11.0. The number of hydrogen-bond donors (Lipinski definition) is 1. The Morgan fingerprint density at radius 1 is 1.26 bits per heavy atom. The van der Waals surface area contributed by atoms with Crippen molar-refractivity contribution in [3.05, 3.63) is 29.3 Å². The van der Waals surface area contributed by atoms with E-state index in [1.165, 1.54) is 6.92 Å². The predicted molar refractivity (Wildman–Crippen MR) is 77.1 cm³/mol. The van der Waals surface area contributed by atoms with Crippen molar-refractivity contribution in [3.8, 4) is 0 Å². The van der Waals surface area contributed by atoms with Crippen LogP contribution in [0.4, 0.5) is 13.2 Å². The third-order valence-electron chi connectivity index (χ3n) is 3.23. The highest BCUT2D eigenvalue weighted by Crippen LogP contribution is 2.33. The fraction of sp³-hybridized carbons (Fsp3) is 0.500. The molecule has 5 nitrogen and oxygen atoms in total. The number of carbonyl (C=O) groups excluding carboxylic acids is 1. The molecule has 0 aliphatic carbocycles. The van der Waals surface area contributed by atoms with Gasteiger partial charge in [-0.3, -0.25) is 4.79 Å². The van der Waals surface area contributed by atoms with Crippen molar-refractivity contribution in [1.82, 2.24) is 4.72 Å². The number of sulfonamides is 1. The zero-order valence-corrected chi connectivity index (χ0v) is 13.9. The number of alkyl halides is 3. The smallest absolute Gasteiger partial charge is 0.416 e. The van der Waals surface area contributed by atoms with Gasteiger partial charge in [-0.05, 0) is 30.5 Å². The van der Waals surface area contributed by atoms with Gasteiger partial charge < -0.3 is 4.74 Å². The molecular formula is C14H18F3NO4S. The predicted octanol–water partition coefficient (Wildman–Crippen LogP) is 2.49. The average molecular weight is 353 g/mol. The molecule has 0 saturated heterocycles. The number of methoxy groups -OCH3 is 1. The second-order valence-corrected chi connectivity index (χ2v) is 7.05. The largest absolute Gasteiger partial charge is 0.468 e. The Kier molecular flexibility index (Phi) is 5.81. The zero-order chi connectivity index (χ0) is 18.0. The lowest BCUT2D eigenvalue weighted by Gasteiger charge is -2.20. The highest BCUT2D eigenvalue weighted by molar-refractivity contribution is 7.89. The minimum absolute atomic E-state index is 0.0928. The molecular weight excluding hydrogens is 335 g/mol. The summed E-state index contributed by atoms with van der Waals surface area (Å²) in [6, 6.07) is 1.48. The van der Waals surface area contributed by atoms with E-state index in [2.05, 4.69) is 9.46 Å². The Morgan fingerprint density at radius 2 is 1.83 bits per heavy atom. The maximum atomic E-state index is 12.9. The van der Waals surface area contributed by atoms with Crippen molar-refractivity contribution < 1.29 is 31.1 Å². The van der Waals surface area contributed by atoms with Gasteiger partial charge in [-0.15, -0.1) is 0 Å². The molecule has 0 bridgehead atoms. The van der Waals surface area contributed by atoms with Gasteiger partial charge in [-0.25, -0.2) is 8.42 Å². The lowest BCUT2D eigenvalue weighted by Crippen LogP contribution is -2.44. The van der Waals surface area contributed by atoms with Crippen LogP contribution in [-0.2, 0) is 25.7 Å². The molecule has 1 aromatic rings. The Labute approximate surface area is 132 Å². The number of ether oxygens (including phenoxy) is 1. The number of halogens is 3. The molecule has 1 aromatic carbocycles. The number of hydrogen-bond acceptors (Lipinski definition) is 4. The van der Waals surface area contributed by atoms with Gasteiger partial charge in [0.2, 0.25) is 10.0 Å². The first-order chi connectivity index (χ1) is 10.4. The van der Waals surface area contributed by atoms with Crippen LogP contribution in [0.5, 0.6) is 0 Å². The Balaban J connectivity index is 3.26. The molecule has 0 heterocycles. The molecule has 0 aliphatic heterocycles. The molecule has 0 fully saturated rings. The normalized spacial score (nSPS) is 13.9. The van der Waals surface area contributed by atoms with Crippen molar-refractivity contribution in [2.75, 3.05) is 7.11 Å². The summed E-state index contributed by atoms with van der Waals surface area (Å²) in [5.74, 6) is -1.25. The topological polar surface area (TPSA) is 72.5 Å². The number of esters is 1. The van der Waals surface area contributed by atoms with E-state index in [1.807, 2.05) is 0 Å². The average Bonchev–Trinajstić information content (AvgIpc) is 2.42. The highest BCUT2D eigenvalue weighted by Gasteiger charge is 2.35. The minimum atomic E-state index is -4.67. The van der Waals surface area contributed by atoms with Crippen LogP contribution in [0, 0.1) is 12.8 Å². The molecule has 0 aliphatic rings. The third-order valence-corrected chi connectivity index (χ3v) is 4.67. The van der Waals surface area contributed by atoms with Crippen LogP contribution in [0.15, 0.2) is 23.1 Å². The van der Waals surface area contributed by atoms with Crippen molar-refractivity contribution in [1.29, 1.82) is 0 Å². The van der Waals surface area contributed by atoms with Crippen molar-refractivity contribution in [3.63, 3.8) is 0 Å². The summed E-state index contributed by atoms with van der Waals surface area (Å²) < 4.78 is 69.8. The number of nitrogens with one attached hydrogen (secondary N) is 1. The van der Waals surface area contributed by atoms with Crippen LogP contribution in [-0.4, -0.2) is 27.5 Å². The Hall–Kier alpha value is -1.61. The van der Waals surface area contributed by atoms with E-state index in [4.69, 9.17) is 0 Å². The van der Waals surface area contributed by atoms with Crippen LogP contribution in [0.3, 0.4) is 0 Å². The van der Waals surface area contributed by atoms with E-state index in [0.717, 1.165) is 19.2 Å². The molecule has 1 N–H and O–H groups in total. The van der Waals surface area contributed by atoms with Gasteiger partial charge >= 0.3 is 12.1 Å². The lowest BCUT2D eigenvalue weighted by molar-refractivity contribution is -0.143. The molecule has 23 heavy (non-hydrogen) atoms. The second-order valence-electron chi connectivity index (χ2n) is 5.34. The molecule has 130 valence electrons. The van der Waals surface area contributed by atoms with Gasteiger partial charge in [0.1, 0.15) is 6.04 Å². The van der Waals surface area contributed by atoms with Crippen molar-refractivity contribution in [2.24, 2.45) is 5.92 Å². The maximum absolute atomic E-state index is 12.9. The molecule has 1 rings (SSSR count). The summed E-state index contributed by atoms with van der Waals surface area (Å²) in [7, 11) is -3.21. The molecule has 9 heteroatoms. The molecule has 0 radical (unpaired) electrons.